The van der Waals surface area contributed by atoms with Gasteiger partial charge in [0, 0.05) is 29.6 Å². The number of halogens is 1. The lowest BCUT2D eigenvalue weighted by molar-refractivity contribution is -0.139. The standard InChI is InChI=1S/C33H38ClN3O5S/c34-23-7-12-28(13-8-23)42-30-19-32(33(38)37-25-9-10-26(37)18-24(35)17-25)36(20-30)43(39,40)31-14-6-21-15-29(11-5-22(21)16-31)41-27-3-1-2-4-27/h5-8,11-16,24-27,30,32H,1-4,9-10,17-20,35H2/t24?,25?,26?,30-,32+/m1/s1. The van der Waals surface area contributed by atoms with Gasteiger partial charge < -0.3 is 20.1 Å². The van der Waals surface area contributed by atoms with Crippen molar-refractivity contribution in [2.75, 3.05) is 6.54 Å². The Morgan fingerprint density at radius 3 is 2.14 bits per heavy atom. The van der Waals surface area contributed by atoms with Crippen LogP contribution in [0.15, 0.2) is 65.6 Å². The fourth-order valence-electron chi connectivity index (χ4n) is 7.57. The molecule has 2 unspecified atom stereocenters. The predicted molar refractivity (Wildman–Crippen MR) is 166 cm³/mol. The van der Waals surface area contributed by atoms with Crippen LogP contribution in [-0.4, -0.2) is 66.5 Å². The van der Waals surface area contributed by atoms with Gasteiger partial charge in [-0.2, -0.15) is 4.31 Å². The number of piperidine rings is 1. The smallest absolute Gasteiger partial charge is 0.243 e. The predicted octanol–water partition coefficient (Wildman–Crippen LogP) is 5.51. The maximum absolute atomic E-state index is 14.3. The van der Waals surface area contributed by atoms with E-state index < -0.39 is 22.2 Å². The lowest BCUT2D eigenvalue weighted by Crippen LogP contribution is -2.55. The van der Waals surface area contributed by atoms with E-state index in [0.29, 0.717) is 10.8 Å². The second kappa shape index (κ2) is 11.6. The van der Waals surface area contributed by atoms with E-state index in [0.717, 1.165) is 55.0 Å². The van der Waals surface area contributed by atoms with Crippen molar-refractivity contribution in [1.29, 1.82) is 0 Å². The molecule has 1 amide bonds. The number of carbonyl (C=O) groups is 1. The number of nitrogens with two attached hydrogens (primary N) is 1. The second-order valence-electron chi connectivity index (χ2n) is 12.6. The van der Waals surface area contributed by atoms with Crippen molar-refractivity contribution < 1.29 is 22.7 Å². The van der Waals surface area contributed by atoms with E-state index in [1.54, 1.807) is 36.4 Å². The van der Waals surface area contributed by atoms with Gasteiger partial charge >= 0.3 is 0 Å². The first-order chi connectivity index (χ1) is 20.7. The lowest BCUT2D eigenvalue weighted by atomic mass is 9.97. The Morgan fingerprint density at radius 1 is 0.791 bits per heavy atom. The number of sulfonamides is 1. The molecule has 43 heavy (non-hydrogen) atoms. The number of hydrogen-bond donors (Lipinski definition) is 1. The molecule has 1 aliphatic carbocycles. The summed E-state index contributed by atoms with van der Waals surface area (Å²) < 4.78 is 42.3. The Kier molecular flexibility index (Phi) is 7.78. The van der Waals surface area contributed by atoms with E-state index in [2.05, 4.69) is 0 Å². The third kappa shape index (κ3) is 5.72. The van der Waals surface area contributed by atoms with Crippen LogP contribution in [0.5, 0.6) is 11.5 Å². The van der Waals surface area contributed by atoms with Gasteiger partial charge in [0.1, 0.15) is 23.6 Å². The Hall–Kier alpha value is -2.85. The van der Waals surface area contributed by atoms with Crippen molar-refractivity contribution >= 4 is 38.3 Å². The molecule has 3 aromatic carbocycles. The molecule has 8 nitrogen and oxygen atoms in total. The van der Waals surface area contributed by atoms with Crippen LogP contribution in [0.1, 0.15) is 57.8 Å². The van der Waals surface area contributed by atoms with Gasteiger partial charge in [-0.05, 0) is 111 Å². The van der Waals surface area contributed by atoms with Gasteiger partial charge in [0.2, 0.25) is 15.9 Å². The average Bonchev–Trinajstić information content (AvgIpc) is 3.72. The highest BCUT2D eigenvalue weighted by molar-refractivity contribution is 7.89. The zero-order valence-electron chi connectivity index (χ0n) is 24.1. The molecule has 4 aliphatic rings. The zero-order chi connectivity index (χ0) is 29.7. The SMILES string of the molecule is NC1CC2CCC(C1)N2C(=O)[C@@H]1C[C@@H](Oc2ccc(Cl)cc2)CN1S(=O)(=O)c1ccc2cc(OC3CCCC3)ccc2c1. The summed E-state index contributed by atoms with van der Waals surface area (Å²) in [5.41, 5.74) is 6.28. The first-order valence-electron chi connectivity index (χ1n) is 15.5. The van der Waals surface area contributed by atoms with Gasteiger partial charge in [-0.15, -0.1) is 0 Å². The molecular formula is C33H38ClN3O5S. The molecule has 2 N–H and O–H groups in total. The topological polar surface area (TPSA) is 102 Å². The fraction of sp³-hybridized carbons (Fsp3) is 0.485. The van der Waals surface area contributed by atoms with Crippen molar-refractivity contribution in [3.05, 3.63) is 65.7 Å². The molecule has 10 heteroatoms. The molecule has 4 atom stereocenters. The summed E-state index contributed by atoms with van der Waals surface area (Å²) in [6, 6.07) is 17.3. The van der Waals surface area contributed by atoms with Crippen molar-refractivity contribution in [3.63, 3.8) is 0 Å². The highest BCUT2D eigenvalue weighted by Gasteiger charge is 2.51. The highest BCUT2D eigenvalue weighted by Crippen LogP contribution is 2.39. The number of hydrogen-bond acceptors (Lipinski definition) is 6. The molecule has 228 valence electrons. The molecule has 3 saturated heterocycles. The molecule has 4 fully saturated rings. The van der Waals surface area contributed by atoms with Crippen LogP contribution in [-0.2, 0) is 14.8 Å². The van der Waals surface area contributed by atoms with Gasteiger partial charge in [-0.25, -0.2) is 8.42 Å². The number of fused-ring (bicyclic) bond motifs is 3. The fourth-order valence-corrected chi connectivity index (χ4v) is 9.36. The summed E-state index contributed by atoms with van der Waals surface area (Å²) in [5.74, 6) is 1.25. The quantitative estimate of drug-likeness (QED) is 0.373. The minimum absolute atomic E-state index is 0.0587. The third-order valence-corrected chi connectivity index (χ3v) is 11.8. The maximum Gasteiger partial charge on any atom is 0.243 e. The van der Waals surface area contributed by atoms with Gasteiger partial charge in [0.25, 0.3) is 0 Å². The summed E-state index contributed by atoms with van der Waals surface area (Å²) in [6.07, 6.45) is 7.89. The van der Waals surface area contributed by atoms with Crippen molar-refractivity contribution in [2.45, 2.75) is 99.1 Å². The summed E-state index contributed by atoms with van der Waals surface area (Å²) in [5, 5.41) is 2.30. The first-order valence-corrected chi connectivity index (χ1v) is 17.3. The van der Waals surface area contributed by atoms with Crippen molar-refractivity contribution in [2.24, 2.45) is 5.73 Å². The van der Waals surface area contributed by atoms with E-state index in [4.69, 9.17) is 26.8 Å². The van der Waals surface area contributed by atoms with Crippen molar-refractivity contribution in [3.8, 4) is 11.5 Å². The van der Waals surface area contributed by atoms with Crippen LogP contribution in [0.25, 0.3) is 10.8 Å². The van der Waals surface area contributed by atoms with Crippen LogP contribution in [0.3, 0.4) is 0 Å². The van der Waals surface area contributed by atoms with Gasteiger partial charge in [-0.3, -0.25) is 4.79 Å². The van der Waals surface area contributed by atoms with Crippen LogP contribution in [0, 0.1) is 0 Å². The number of rotatable bonds is 7. The van der Waals surface area contributed by atoms with Gasteiger partial charge in [0.15, 0.2) is 0 Å². The number of carbonyl (C=O) groups excluding carboxylic acids is 1. The van der Waals surface area contributed by atoms with Gasteiger partial charge in [0.05, 0.1) is 17.5 Å². The molecule has 1 saturated carbocycles. The maximum atomic E-state index is 14.3. The largest absolute Gasteiger partial charge is 0.490 e. The average molecular weight is 624 g/mol. The van der Waals surface area contributed by atoms with Crippen molar-refractivity contribution in [1.82, 2.24) is 9.21 Å². The summed E-state index contributed by atoms with van der Waals surface area (Å²) >= 11 is 6.05. The molecule has 7 rings (SSSR count). The van der Waals surface area contributed by atoms with E-state index in [1.165, 1.54) is 17.1 Å². The Balaban J connectivity index is 1.17. The van der Waals surface area contributed by atoms with E-state index in [-0.39, 0.29) is 48.0 Å². The minimum Gasteiger partial charge on any atom is -0.490 e. The van der Waals surface area contributed by atoms with Crippen LogP contribution in [0.2, 0.25) is 5.02 Å². The molecule has 3 aromatic rings. The molecule has 3 aliphatic heterocycles. The summed E-state index contributed by atoms with van der Waals surface area (Å²) in [7, 11) is -4.02. The number of nitrogens with zero attached hydrogens (tertiary/aromatic N) is 2. The second-order valence-corrected chi connectivity index (χ2v) is 14.9. The first kappa shape index (κ1) is 28.9. The minimum atomic E-state index is -4.02. The molecule has 0 aromatic heterocycles. The highest BCUT2D eigenvalue weighted by atomic mass is 35.5. The van der Waals surface area contributed by atoms with E-state index in [9.17, 15) is 13.2 Å². The zero-order valence-corrected chi connectivity index (χ0v) is 25.7. The summed E-state index contributed by atoms with van der Waals surface area (Å²) in [4.78, 5) is 16.3. The van der Waals surface area contributed by atoms with Crippen LogP contribution < -0.4 is 15.2 Å². The van der Waals surface area contributed by atoms with Crippen LogP contribution in [0.4, 0.5) is 0 Å². The van der Waals surface area contributed by atoms with E-state index in [1.807, 2.05) is 29.2 Å². The molecular weight excluding hydrogens is 586 g/mol. The third-order valence-electron chi connectivity index (χ3n) is 9.64. The normalized spacial score (nSPS) is 28.0. The number of ether oxygens (including phenoxy) is 2. The monoisotopic (exact) mass is 623 g/mol. The van der Waals surface area contributed by atoms with Crippen LogP contribution >= 0.6 is 11.6 Å². The Bertz CT molecular complexity index is 1600. The summed E-state index contributed by atoms with van der Waals surface area (Å²) in [6.45, 7) is 0.0796. The molecule has 3 heterocycles. The molecule has 2 bridgehead atoms. The van der Waals surface area contributed by atoms with Gasteiger partial charge in [-0.1, -0.05) is 23.7 Å². The lowest BCUT2D eigenvalue weighted by Gasteiger charge is -2.40. The molecule has 0 radical (unpaired) electrons. The van der Waals surface area contributed by atoms with E-state index >= 15 is 0 Å². The number of benzene rings is 3. The molecule has 0 spiro atoms. The Morgan fingerprint density at radius 2 is 1.42 bits per heavy atom. The Labute approximate surface area is 258 Å². The number of amides is 1.